The van der Waals surface area contributed by atoms with E-state index < -0.39 is 0 Å². The molecule has 0 unspecified atom stereocenters. The molecule has 3 N–H and O–H groups in total. The zero-order valence-corrected chi connectivity index (χ0v) is 18.1. The van der Waals surface area contributed by atoms with Crippen LogP contribution in [0.15, 0.2) is 42.5 Å². The highest BCUT2D eigenvalue weighted by molar-refractivity contribution is 6.42. The number of halogens is 2. The number of nitrogens with two attached hydrogens (primary N) is 1. The van der Waals surface area contributed by atoms with E-state index in [0.29, 0.717) is 35.2 Å². The van der Waals surface area contributed by atoms with Gasteiger partial charge in [-0.15, -0.1) is 0 Å². The fourth-order valence-corrected chi connectivity index (χ4v) is 3.76. The maximum atomic E-state index is 12.2. The normalized spacial score (nSPS) is 14.4. The molecule has 6 nitrogen and oxygen atoms in total. The fourth-order valence-electron chi connectivity index (χ4n) is 3.41. The van der Waals surface area contributed by atoms with E-state index in [4.69, 9.17) is 33.7 Å². The van der Waals surface area contributed by atoms with Crippen molar-refractivity contribution < 1.29 is 14.3 Å². The van der Waals surface area contributed by atoms with Gasteiger partial charge in [0.1, 0.15) is 10.8 Å². The Morgan fingerprint density at radius 3 is 2.47 bits per heavy atom. The van der Waals surface area contributed by atoms with Gasteiger partial charge in [0.25, 0.3) is 0 Å². The number of carbonyl (C=O) groups is 2. The van der Waals surface area contributed by atoms with Crippen LogP contribution in [-0.4, -0.2) is 31.5 Å². The topological polar surface area (TPSA) is 84.7 Å². The summed E-state index contributed by atoms with van der Waals surface area (Å²) in [6, 6.07) is 12.9. The predicted molar refractivity (Wildman–Crippen MR) is 120 cm³/mol. The number of rotatable bonds is 8. The number of nitrogens with one attached hydrogen (secondary N) is 1. The van der Waals surface area contributed by atoms with Crippen LogP contribution in [0.1, 0.15) is 25.7 Å². The van der Waals surface area contributed by atoms with Crippen LogP contribution in [0.4, 0.5) is 11.4 Å². The maximum Gasteiger partial charge on any atom is 0.224 e. The van der Waals surface area contributed by atoms with Crippen molar-refractivity contribution in [2.75, 3.05) is 29.9 Å². The summed E-state index contributed by atoms with van der Waals surface area (Å²) in [5, 5.41) is 3.71. The summed E-state index contributed by atoms with van der Waals surface area (Å²) >= 11 is 12.0. The van der Waals surface area contributed by atoms with Crippen molar-refractivity contribution in [3.8, 4) is 5.75 Å². The van der Waals surface area contributed by atoms with Crippen molar-refractivity contribution in [2.24, 2.45) is 11.7 Å². The van der Waals surface area contributed by atoms with Crippen molar-refractivity contribution >= 4 is 46.4 Å². The SMILES string of the molecule is NC(=O)C1CCN(c2ccc(NC(=O)CCCOc3cccc(Cl)c3Cl)cc2)CC1. The highest BCUT2D eigenvalue weighted by Gasteiger charge is 2.23. The van der Waals surface area contributed by atoms with E-state index in [9.17, 15) is 9.59 Å². The molecule has 0 aliphatic carbocycles. The van der Waals surface area contributed by atoms with Gasteiger partial charge < -0.3 is 20.7 Å². The van der Waals surface area contributed by atoms with Crippen molar-refractivity contribution in [1.82, 2.24) is 0 Å². The van der Waals surface area contributed by atoms with E-state index in [1.165, 1.54) is 0 Å². The van der Waals surface area contributed by atoms with Crippen LogP contribution in [0.5, 0.6) is 5.75 Å². The zero-order valence-electron chi connectivity index (χ0n) is 16.6. The van der Waals surface area contributed by atoms with E-state index in [2.05, 4.69) is 10.2 Å². The first-order valence-electron chi connectivity index (χ1n) is 9.95. The molecule has 0 bridgehead atoms. The number of hydrogen-bond acceptors (Lipinski definition) is 4. The third kappa shape index (κ3) is 6.03. The third-order valence-corrected chi connectivity index (χ3v) is 5.94. The van der Waals surface area contributed by atoms with Crippen molar-refractivity contribution in [2.45, 2.75) is 25.7 Å². The molecule has 3 rings (SSSR count). The van der Waals surface area contributed by atoms with Crippen LogP contribution in [0.3, 0.4) is 0 Å². The summed E-state index contributed by atoms with van der Waals surface area (Å²) in [6.45, 7) is 1.97. The van der Waals surface area contributed by atoms with Gasteiger partial charge in [0.2, 0.25) is 11.8 Å². The van der Waals surface area contributed by atoms with Crippen LogP contribution in [-0.2, 0) is 9.59 Å². The Kier molecular flexibility index (Phi) is 7.82. The number of primary amides is 1. The molecule has 0 aromatic heterocycles. The summed E-state index contributed by atoms with van der Waals surface area (Å²) in [5.41, 5.74) is 7.20. The van der Waals surface area contributed by atoms with Crippen LogP contribution in [0.2, 0.25) is 10.0 Å². The highest BCUT2D eigenvalue weighted by Crippen LogP contribution is 2.31. The number of piperidine rings is 1. The minimum atomic E-state index is -0.214. The lowest BCUT2D eigenvalue weighted by atomic mass is 9.96. The van der Waals surface area contributed by atoms with Gasteiger partial charge >= 0.3 is 0 Å². The molecule has 2 amide bonds. The molecule has 0 radical (unpaired) electrons. The summed E-state index contributed by atoms with van der Waals surface area (Å²) < 4.78 is 5.59. The molecule has 160 valence electrons. The monoisotopic (exact) mass is 449 g/mol. The first-order chi connectivity index (χ1) is 14.4. The first kappa shape index (κ1) is 22.2. The molecule has 2 aromatic carbocycles. The molecule has 1 aliphatic rings. The molecule has 1 heterocycles. The average Bonchev–Trinajstić information content (AvgIpc) is 2.74. The van der Waals surface area contributed by atoms with Gasteiger partial charge in [0.15, 0.2) is 0 Å². The fraction of sp³-hybridized carbons (Fsp3) is 0.364. The summed E-state index contributed by atoms with van der Waals surface area (Å²) in [4.78, 5) is 25.7. The van der Waals surface area contributed by atoms with Crippen molar-refractivity contribution in [1.29, 1.82) is 0 Å². The van der Waals surface area contributed by atoms with Gasteiger partial charge in [0.05, 0.1) is 11.6 Å². The Labute approximate surface area is 186 Å². The molecule has 0 spiro atoms. The number of hydrogen-bond donors (Lipinski definition) is 2. The minimum Gasteiger partial charge on any atom is -0.492 e. The molecule has 1 aliphatic heterocycles. The summed E-state index contributed by atoms with van der Waals surface area (Å²) in [6.07, 6.45) is 2.44. The average molecular weight is 450 g/mol. The minimum absolute atomic E-state index is 0.0290. The third-order valence-electron chi connectivity index (χ3n) is 5.14. The quantitative estimate of drug-likeness (QED) is 0.581. The molecular formula is C22H25Cl2N3O3. The molecular weight excluding hydrogens is 425 g/mol. The molecule has 0 atom stereocenters. The molecule has 30 heavy (non-hydrogen) atoms. The van der Waals surface area contributed by atoms with Gasteiger partial charge in [-0.25, -0.2) is 0 Å². The van der Waals surface area contributed by atoms with E-state index in [-0.39, 0.29) is 17.7 Å². The lowest BCUT2D eigenvalue weighted by molar-refractivity contribution is -0.122. The number of amides is 2. The number of anilines is 2. The van der Waals surface area contributed by atoms with Gasteiger partial charge in [-0.1, -0.05) is 29.3 Å². The largest absolute Gasteiger partial charge is 0.492 e. The Bertz CT molecular complexity index is 882. The Morgan fingerprint density at radius 2 is 1.80 bits per heavy atom. The number of benzene rings is 2. The van der Waals surface area contributed by atoms with Gasteiger partial charge in [-0.3, -0.25) is 9.59 Å². The summed E-state index contributed by atoms with van der Waals surface area (Å²) in [7, 11) is 0. The van der Waals surface area contributed by atoms with Gasteiger partial charge in [-0.2, -0.15) is 0 Å². The smallest absolute Gasteiger partial charge is 0.224 e. The number of nitrogens with zero attached hydrogens (tertiary/aromatic N) is 1. The Morgan fingerprint density at radius 1 is 1.10 bits per heavy atom. The van der Waals surface area contributed by atoms with Crippen LogP contribution >= 0.6 is 23.2 Å². The maximum absolute atomic E-state index is 12.2. The van der Waals surface area contributed by atoms with Crippen molar-refractivity contribution in [3.05, 3.63) is 52.5 Å². The molecule has 1 saturated heterocycles. The van der Waals surface area contributed by atoms with Gasteiger partial charge in [-0.05, 0) is 55.7 Å². The second kappa shape index (κ2) is 10.5. The lowest BCUT2D eigenvalue weighted by Gasteiger charge is -2.32. The van der Waals surface area contributed by atoms with Crippen LogP contribution in [0.25, 0.3) is 0 Å². The van der Waals surface area contributed by atoms with Gasteiger partial charge in [0, 0.05) is 36.8 Å². The highest BCUT2D eigenvalue weighted by atomic mass is 35.5. The van der Waals surface area contributed by atoms with Crippen LogP contribution < -0.4 is 20.7 Å². The number of carbonyl (C=O) groups excluding carboxylic acids is 2. The van der Waals surface area contributed by atoms with E-state index in [1.54, 1.807) is 18.2 Å². The first-order valence-corrected chi connectivity index (χ1v) is 10.7. The van der Waals surface area contributed by atoms with E-state index >= 15 is 0 Å². The van der Waals surface area contributed by atoms with E-state index in [1.807, 2.05) is 24.3 Å². The summed E-state index contributed by atoms with van der Waals surface area (Å²) in [5.74, 6) is 0.193. The molecule has 1 fully saturated rings. The molecule has 2 aromatic rings. The standard InChI is InChI=1S/C22H25Cl2N3O3/c23-18-3-1-4-19(21(18)24)30-14-2-5-20(28)26-16-6-8-17(9-7-16)27-12-10-15(11-13-27)22(25)29/h1,3-4,6-9,15H,2,5,10-14H2,(H2,25,29)(H,26,28). The van der Waals surface area contributed by atoms with Crippen LogP contribution in [0, 0.1) is 5.92 Å². The lowest BCUT2D eigenvalue weighted by Crippen LogP contribution is -2.38. The predicted octanol–water partition coefficient (Wildman–Crippen LogP) is 4.49. The molecule has 8 heteroatoms. The Hall–Kier alpha value is -2.44. The van der Waals surface area contributed by atoms with E-state index in [0.717, 1.165) is 37.3 Å². The second-order valence-corrected chi connectivity index (χ2v) is 8.05. The van der Waals surface area contributed by atoms with Crippen molar-refractivity contribution in [3.63, 3.8) is 0 Å². The second-order valence-electron chi connectivity index (χ2n) is 7.26. The zero-order chi connectivity index (χ0) is 21.5. The molecule has 0 saturated carbocycles. The Balaban J connectivity index is 1.40. The number of ether oxygens (including phenoxy) is 1.